The number of halogens is 6. The molecule has 0 amide bonds. The van der Waals surface area contributed by atoms with Crippen LogP contribution in [0.2, 0.25) is 0 Å². The summed E-state index contributed by atoms with van der Waals surface area (Å²) in [5.41, 5.74) is -6.73. The standard InChI is InChI=1S/C7H14N3.C2H2F6O2S/c1-3-7(8)10-5-4-9(2)6-10;3-1(4,5)11(9,10)2(6,7)8/h4-7H,3,8H2,1-2H3;11H,(H,9,10)/q+1;/p-1. The van der Waals surface area contributed by atoms with Crippen molar-refractivity contribution in [3.05, 3.63) is 18.7 Å². The van der Waals surface area contributed by atoms with Gasteiger partial charge in [-0.15, -0.1) is 0 Å². The number of thiol groups is 1. The molecule has 2 N–H and O–H groups in total. The van der Waals surface area contributed by atoms with Crippen molar-refractivity contribution >= 4 is 10.2 Å². The molecule has 0 aliphatic carbocycles. The first-order chi connectivity index (χ1) is 9.24. The van der Waals surface area contributed by atoms with Crippen molar-refractivity contribution < 1.29 is 39.7 Å². The number of aryl methyl sites for hydroxylation is 1. The fraction of sp³-hybridized carbons (Fsp3) is 0.667. The van der Waals surface area contributed by atoms with E-state index in [1.807, 2.05) is 34.9 Å². The number of aromatic nitrogens is 2. The highest BCUT2D eigenvalue weighted by molar-refractivity contribution is 7.99. The molecular formula is C9H15F6N3O2S. The third-order valence-corrected chi connectivity index (χ3v) is 3.59. The van der Waals surface area contributed by atoms with Gasteiger partial charge in [-0.05, 0) is 6.42 Å². The van der Waals surface area contributed by atoms with Gasteiger partial charge in [0.05, 0.1) is 7.05 Å². The Labute approximate surface area is 117 Å². The van der Waals surface area contributed by atoms with E-state index in [4.69, 9.17) is 5.73 Å². The van der Waals surface area contributed by atoms with Gasteiger partial charge < -0.3 is 4.55 Å². The van der Waals surface area contributed by atoms with Crippen LogP contribution in [0.4, 0.5) is 26.3 Å². The normalized spacial score (nSPS) is 15.1. The van der Waals surface area contributed by atoms with Gasteiger partial charge in [0.15, 0.2) is 0 Å². The first-order valence-corrected chi connectivity index (χ1v) is 7.09. The molecule has 0 aliphatic rings. The lowest BCUT2D eigenvalue weighted by Gasteiger charge is -2.37. The van der Waals surface area contributed by atoms with Crippen LogP contribution in [0.25, 0.3) is 0 Å². The second-order valence-corrected chi connectivity index (χ2v) is 6.11. The summed E-state index contributed by atoms with van der Waals surface area (Å²) in [6.07, 6.45) is 7.04. The molecule has 126 valence electrons. The minimum Gasteiger partial charge on any atom is -0.759 e. The minimum absolute atomic E-state index is 0.126. The van der Waals surface area contributed by atoms with Crippen LogP contribution in [0.15, 0.2) is 18.7 Å². The second-order valence-electron chi connectivity index (χ2n) is 3.99. The number of alkyl halides is 6. The molecule has 0 aliphatic heterocycles. The Balaban J connectivity index is 0.000000382. The summed E-state index contributed by atoms with van der Waals surface area (Å²) in [7, 11) is -5.33. The van der Waals surface area contributed by atoms with Crippen molar-refractivity contribution in [1.29, 1.82) is 0 Å². The molecule has 1 atom stereocenters. The molecule has 0 bridgehead atoms. The Morgan fingerprint density at radius 3 is 1.90 bits per heavy atom. The van der Waals surface area contributed by atoms with Gasteiger partial charge in [0.1, 0.15) is 18.6 Å². The molecule has 21 heavy (non-hydrogen) atoms. The lowest BCUT2D eigenvalue weighted by atomic mass is 10.4. The fourth-order valence-corrected chi connectivity index (χ4v) is 1.31. The molecule has 12 heteroatoms. The Hall–Kier alpha value is -1.14. The summed E-state index contributed by atoms with van der Waals surface area (Å²) in [6.45, 7) is 2.07. The molecule has 0 saturated heterocycles. The Bertz CT molecular complexity index is 480. The quantitative estimate of drug-likeness (QED) is 0.484. The van der Waals surface area contributed by atoms with E-state index in [9.17, 15) is 35.1 Å². The minimum atomic E-state index is -7.31. The molecule has 1 aromatic rings. The highest BCUT2D eigenvalue weighted by atomic mass is 32.3. The fourth-order valence-electron chi connectivity index (χ4n) is 1.02. The van der Waals surface area contributed by atoms with E-state index in [1.165, 1.54) is 0 Å². The zero-order valence-corrected chi connectivity index (χ0v) is 11.9. The highest BCUT2D eigenvalue weighted by Crippen LogP contribution is 2.40. The van der Waals surface area contributed by atoms with Gasteiger partial charge >= 0.3 is 11.0 Å². The predicted molar refractivity (Wildman–Crippen MR) is 61.5 cm³/mol. The number of sulfone groups is 1. The van der Waals surface area contributed by atoms with E-state index in [1.54, 1.807) is 0 Å². The predicted octanol–water partition coefficient (Wildman–Crippen LogP) is 1.35. The largest absolute Gasteiger partial charge is 0.759 e. The van der Waals surface area contributed by atoms with Crippen molar-refractivity contribution in [3.8, 4) is 0 Å². The third kappa shape index (κ3) is 5.28. The molecule has 0 spiro atoms. The summed E-state index contributed by atoms with van der Waals surface area (Å²) in [4.78, 5) is 0. The SMILES string of the molecule is CCC(N)[n+]1ccn(C)c1.O=[SH]([O-])(C(F)(F)F)C(F)(F)F. The van der Waals surface area contributed by atoms with Gasteiger partial charge in [0.25, 0.3) is 0 Å². The van der Waals surface area contributed by atoms with E-state index in [0.717, 1.165) is 6.42 Å². The number of rotatable bonds is 2. The lowest BCUT2D eigenvalue weighted by molar-refractivity contribution is -0.722. The number of nitrogens with zero attached hydrogens (tertiary/aromatic N) is 2. The molecular weight excluding hydrogens is 328 g/mol. The number of hydrogen-bond acceptors (Lipinski definition) is 3. The number of imidazole rings is 1. The molecule has 1 heterocycles. The zero-order valence-electron chi connectivity index (χ0n) is 11.0. The Morgan fingerprint density at radius 2 is 1.71 bits per heavy atom. The highest BCUT2D eigenvalue weighted by Gasteiger charge is 2.51. The van der Waals surface area contributed by atoms with E-state index in [-0.39, 0.29) is 6.17 Å². The molecule has 1 rings (SSSR count). The monoisotopic (exact) mass is 343 g/mol. The maximum Gasteiger partial charge on any atom is 0.468 e. The summed E-state index contributed by atoms with van der Waals surface area (Å²) in [5, 5.41) is 0. The lowest BCUT2D eigenvalue weighted by Crippen LogP contribution is -2.43. The summed E-state index contributed by atoms with van der Waals surface area (Å²) in [6, 6.07) is 0. The summed E-state index contributed by atoms with van der Waals surface area (Å²) in [5.74, 6) is 0. The molecule has 1 aromatic heterocycles. The zero-order chi connectivity index (χ0) is 17.1. The van der Waals surface area contributed by atoms with E-state index >= 15 is 0 Å². The van der Waals surface area contributed by atoms with Gasteiger partial charge in [0, 0.05) is 0 Å². The van der Waals surface area contributed by atoms with E-state index in [2.05, 4.69) is 6.92 Å². The van der Waals surface area contributed by atoms with E-state index in [0.29, 0.717) is 0 Å². The van der Waals surface area contributed by atoms with Crippen molar-refractivity contribution in [3.63, 3.8) is 0 Å². The Morgan fingerprint density at radius 1 is 1.29 bits per heavy atom. The van der Waals surface area contributed by atoms with Gasteiger partial charge in [-0.25, -0.2) is 13.3 Å². The first-order valence-electron chi connectivity index (χ1n) is 5.47. The summed E-state index contributed by atoms with van der Waals surface area (Å²) < 4.78 is 89.1. The van der Waals surface area contributed by atoms with Crippen LogP contribution in [0, 0.1) is 0 Å². The molecule has 1 unspecified atom stereocenters. The van der Waals surface area contributed by atoms with Crippen LogP contribution in [0.5, 0.6) is 0 Å². The van der Waals surface area contributed by atoms with Crippen molar-refractivity contribution in [1.82, 2.24) is 4.57 Å². The average molecular weight is 343 g/mol. The topological polar surface area (TPSA) is 75.0 Å². The second kappa shape index (κ2) is 6.75. The van der Waals surface area contributed by atoms with Crippen LogP contribution >= 0.6 is 0 Å². The van der Waals surface area contributed by atoms with Crippen LogP contribution in [0.1, 0.15) is 19.5 Å². The maximum atomic E-state index is 11.0. The number of hydrogen-bond donors (Lipinski definition) is 2. The van der Waals surface area contributed by atoms with Crippen LogP contribution in [-0.4, -0.2) is 24.3 Å². The average Bonchev–Trinajstić information content (AvgIpc) is 2.73. The van der Waals surface area contributed by atoms with Gasteiger partial charge in [-0.1, -0.05) is 6.92 Å². The van der Waals surface area contributed by atoms with Crippen molar-refractivity contribution in [2.45, 2.75) is 30.5 Å². The van der Waals surface area contributed by atoms with Crippen LogP contribution in [-0.2, 0) is 17.3 Å². The van der Waals surface area contributed by atoms with Gasteiger partial charge in [0.2, 0.25) is 6.33 Å². The molecule has 5 nitrogen and oxygen atoms in total. The van der Waals surface area contributed by atoms with Gasteiger partial charge in [-0.2, -0.15) is 36.6 Å². The maximum absolute atomic E-state index is 11.0. The van der Waals surface area contributed by atoms with Crippen LogP contribution < -0.4 is 10.3 Å². The molecule has 0 aromatic carbocycles. The van der Waals surface area contributed by atoms with Gasteiger partial charge in [-0.3, -0.25) is 5.73 Å². The van der Waals surface area contributed by atoms with Crippen LogP contribution in [0.3, 0.4) is 0 Å². The first kappa shape index (κ1) is 19.9. The smallest absolute Gasteiger partial charge is 0.468 e. The van der Waals surface area contributed by atoms with Crippen molar-refractivity contribution in [2.75, 3.05) is 0 Å². The number of nitrogens with two attached hydrogens (primary N) is 1. The van der Waals surface area contributed by atoms with E-state index < -0.39 is 21.2 Å². The third-order valence-electron chi connectivity index (χ3n) is 2.26. The molecule has 0 radical (unpaired) electrons. The molecule has 0 fully saturated rings. The Kier molecular flexibility index (Phi) is 6.38. The van der Waals surface area contributed by atoms with Crippen molar-refractivity contribution in [2.24, 2.45) is 12.8 Å². The summed E-state index contributed by atoms with van der Waals surface area (Å²) >= 11 is 0. The molecule has 0 saturated carbocycles.